The molecule has 1 N–H and O–H groups in total. The minimum absolute atomic E-state index is 0.107. The molecule has 0 saturated heterocycles. The molecular weight excluding hydrogens is 379 g/mol. The smallest absolute Gasteiger partial charge is 0.236 e. The maximum atomic E-state index is 13.7. The number of amides is 1. The summed E-state index contributed by atoms with van der Waals surface area (Å²) in [5.41, 5.74) is 2.39. The Morgan fingerprint density at radius 1 is 1.39 bits per heavy atom. The Morgan fingerprint density at radius 2 is 2.18 bits per heavy atom. The lowest BCUT2D eigenvalue weighted by Crippen LogP contribution is -2.18. The average Bonchev–Trinajstić information content (AvgIpc) is 3.22. The minimum atomic E-state index is -0.395. The van der Waals surface area contributed by atoms with Gasteiger partial charge in [-0.1, -0.05) is 17.8 Å². The van der Waals surface area contributed by atoms with E-state index in [1.54, 1.807) is 30.0 Å². The highest BCUT2D eigenvalue weighted by Crippen LogP contribution is 2.30. The Labute approximate surface area is 166 Å². The molecule has 0 fully saturated rings. The van der Waals surface area contributed by atoms with Crippen molar-refractivity contribution in [2.75, 3.05) is 11.1 Å². The Kier molecular flexibility index (Phi) is 5.80. The lowest BCUT2D eigenvalue weighted by atomic mass is 10.2. The Morgan fingerprint density at radius 3 is 2.86 bits per heavy atom. The molecule has 0 aliphatic carbocycles. The number of nitrogens with zero attached hydrogens (tertiary/aromatic N) is 5. The summed E-state index contributed by atoms with van der Waals surface area (Å²) in [5.74, 6) is -0.239. The summed E-state index contributed by atoms with van der Waals surface area (Å²) in [6.45, 7) is 6.30. The van der Waals surface area contributed by atoms with Crippen molar-refractivity contribution < 1.29 is 9.18 Å². The van der Waals surface area contributed by atoms with Gasteiger partial charge in [0, 0.05) is 12.2 Å². The Balaban J connectivity index is 1.89. The van der Waals surface area contributed by atoms with Crippen LogP contribution in [0.1, 0.15) is 23.7 Å². The zero-order chi connectivity index (χ0) is 20.3. The maximum absolute atomic E-state index is 13.7. The summed E-state index contributed by atoms with van der Waals surface area (Å²) in [5, 5.41) is 20.9. The van der Waals surface area contributed by atoms with Crippen molar-refractivity contribution >= 4 is 23.5 Å². The number of carbonyl (C=O) groups excluding carboxylic acids is 1. The van der Waals surface area contributed by atoms with Crippen LogP contribution in [0.3, 0.4) is 0 Å². The van der Waals surface area contributed by atoms with E-state index in [2.05, 4.69) is 21.6 Å². The zero-order valence-corrected chi connectivity index (χ0v) is 16.5. The van der Waals surface area contributed by atoms with E-state index in [9.17, 15) is 14.4 Å². The number of anilines is 1. The number of rotatable bonds is 6. The molecule has 3 rings (SSSR count). The molecule has 0 radical (unpaired) electrons. The molecule has 0 bridgehead atoms. The second-order valence-corrected chi connectivity index (χ2v) is 7.04. The van der Waals surface area contributed by atoms with Gasteiger partial charge in [0.15, 0.2) is 5.16 Å². The molecule has 0 aliphatic heterocycles. The number of hydrogen-bond donors (Lipinski definition) is 1. The van der Waals surface area contributed by atoms with Crippen molar-refractivity contribution in [1.29, 1.82) is 5.26 Å². The van der Waals surface area contributed by atoms with Gasteiger partial charge in [-0.3, -0.25) is 9.36 Å². The summed E-state index contributed by atoms with van der Waals surface area (Å²) >= 11 is 1.26. The number of halogens is 1. The summed E-state index contributed by atoms with van der Waals surface area (Å²) in [6, 6.07) is 8.16. The van der Waals surface area contributed by atoms with Crippen molar-refractivity contribution in [3.63, 3.8) is 0 Å². The first-order valence-electron chi connectivity index (χ1n) is 8.64. The van der Waals surface area contributed by atoms with Gasteiger partial charge in [-0.25, -0.2) is 4.39 Å². The minimum Gasteiger partial charge on any atom is -0.310 e. The van der Waals surface area contributed by atoms with Gasteiger partial charge in [-0.2, -0.15) is 5.26 Å². The van der Waals surface area contributed by atoms with Crippen LogP contribution in [0.4, 0.5) is 10.2 Å². The molecule has 9 heteroatoms. The van der Waals surface area contributed by atoms with Crippen LogP contribution < -0.4 is 5.32 Å². The number of aromatic nitrogens is 4. The fraction of sp³-hybridized carbons (Fsp3) is 0.263. The second-order valence-electron chi connectivity index (χ2n) is 6.10. The highest BCUT2D eigenvalue weighted by atomic mass is 32.2. The van der Waals surface area contributed by atoms with E-state index in [1.165, 1.54) is 23.9 Å². The molecule has 144 valence electrons. The summed E-state index contributed by atoms with van der Waals surface area (Å²) in [7, 11) is 0. The third-order valence-electron chi connectivity index (χ3n) is 4.40. The van der Waals surface area contributed by atoms with E-state index in [0.29, 0.717) is 28.8 Å². The molecule has 0 saturated carbocycles. The zero-order valence-electron chi connectivity index (χ0n) is 15.7. The van der Waals surface area contributed by atoms with Crippen LogP contribution in [-0.2, 0) is 11.3 Å². The summed E-state index contributed by atoms with van der Waals surface area (Å²) in [4.78, 5) is 12.6. The van der Waals surface area contributed by atoms with Gasteiger partial charge in [-0.15, -0.1) is 10.2 Å². The van der Waals surface area contributed by atoms with Crippen molar-refractivity contribution in [3.05, 3.63) is 53.2 Å². The number of nitriles is 1. The molecule has 28 heavy (non-hydrogen) atoms. The molecule has 1 amide bonds. The monoisotopic (exact) mass is 398 g/mol. The van der Waals surface area contributed by atoms with Gasteiger partial charge in [-0.05, 0) is 44.5 Å². The Hall–Kier alpha value is -3.12. The SMILES string of the molecule is CCn1cnnc1SCC(=O)Nc1c(C#N)c(C)c(C)n1-c1cccc(F)c1. The standard InChI is InChI=1S/C19H19FN6OS/c1-4-25-11-22-24-19(25)28-10-17(27)23-18-16(9-21)12(2)13(3)26(18)15-7-5-6-14(20)8-15/h5-8,11H,4,10H2,1-3H3,(H,23,27). The van der Waals surface area contributed by atoms with Crippen LogP contribution >= 0.6 is 11.8 Å². The first-order valence-corrected chi connectivity index (χ1v) is 9.63. The van der Waals surface area contributed by atoms with Crippen molar-refractivity contribution in [3.8, 4) is 11.8 Å². The van der Waals surface area contributed by atoms with Crippen LogP contribution in [0.5, 0.6) is 0 Å². The van der Waals surface area contributed by atoms with Crippen LogP contribution in [0.25, 0.3) is 5.69 Å². The lowest BCUT2D eigenvalue weighted by Gasteiger charge is -2.13. The molecule has 2 heterocycles. The van der Waals surface area contributed by atoms with Gasteiger partial charge in [0.05, 0.1) is 17.0 Å². The normalized spacial score (nSPS) is 10.7. The van der Waals surface area contributed by atoms with Crippen LogP contribution in [0.15, 0.2) is 35.7 Å². The maximum Gasteiger partial charge on any atom is 0.236 e. The topological polar surface area (TPSA) is 88.5 Å². The quantitative estimate of drug-likeness (QED) is 0.643. The van der Waals surface area contributed by atoms with E-state index < -0.39 is 5.82 Å². The predicted octanol–water partition coefficient (Wildman–Crippen LogP) is 3.45. The van der Waals surface area contributed by atoms with Gasteiger partial charge < -0.3 is 9.88 Å². The third-order valence-corrected chi connectivity index (χ3v) is 5.38. The van der Waals surface area contributed by atoms with Crippen LogP contribution in [0.2, 0.25) is 0 Å². The van der Waals surface area contributed by atoms with Crippen LogP contribution in [-0.4, -0.2) is 31.0 Å². The Bertz CT molecular complexity index is 1070. The molecule has 0 aliphatic rings. The third kappa shape index (κ3) is 3.77. The number of benzene rings is 1. The number of nitrogens with one attached hydrogen (secondary N) is 1. The number of aryl methyl sites for hydroxylation is 1. The summed E-state index contributed by atoms with van der Waals surface area (Å²) < 4.78 is 17.3. The van der Waals surface area contributed by atoms with E-state index in [4.69, 9.17) is 0 Å². The molecule has 0 unspecified atom stereocenters. The lowest BCUT2D eigenvalue weighted by molar-refractivity contribution is -0.113. The summed E-state index contributed by atoms with van der Waals surface area (Å²) in [6.07, 6.45) is 1.61. The molecule has 7 nitrogen and oxygen atoms in total. The number of hydrogen-bond acceptors (Lipinski definition) is 5. The van der Waals surface area contributed by atoms with Gasteiger partial charge in [0.2, 0.25) is 5.91 Å². The molecule has 3 aromatic rings. The number of carbonyl (C=O) groups is 1. The fourth-order valence-electron chi connectivity index (χ4n) is 2.87. The van der Waals surface area contributed by atoms with E-state index >= 15 is 0 Å². The first-order chi connectivity index (χ1) is 13.5. The number of thioether (sulfide) groups is 1. The van der Waals surface area contributed by atoms with Crippen molar-refractivity contribution in [1.82, 2.24) is 19.3 Å². The molecule has 2 aromatic heterocycles. The molecule has 0 spiro atoms. The van der Waals surface area contributed by atoms with E-state index in [0.717, 1.165) is 11.3 Å². The van der Waals surface area contributed by atoms with Gasteiger partial charge in [0.25, 0.3) is 0 Å². The molecular formula is C19H19FN6OS. The van der Waals surface area contributed by atoms with E-state index in [1.807, 2.05) is 18.4 Å². The highest BCUT2D eigenvalue weighted by Gasteiger charge is 2.21. The second kappa shape index (κ2) is 8.27. The molecule has 0 atom stereocenters. The predicted molar refractivity (Wildman–Crippen MR) is 105 cm³/mol. The van der Waals surface area contributed by atoms with Crippen LogP contribution in [0, 0.1) is 31.0 Å². The van der Waals surface area contributed by atoms with E-state index in [-0.39, 0.29) is 11.7 Å². The largest absolute Gasteiger partial charge is 0.310 e. The average molecular weight is 398 g/mol. The van der Waals surface area contributed by atoms with Crippen molar-refractivity contribution in [2.45, 2.75) is 32.5 Å². The first kappa shape index (κ1) is 19.6. The van der Waals surface area contributed by atoms with Crippen molar-refractivity contribution in [2.24, 2.45) is 0 Å². The fourth-order valence-corrected chi connectivity index (χ4v) is 3.65. The van der Waals surface area contributed by atoms with Gasteiger partial charge in [0.1, 0.15) is 24.0 Å². The molecule has 1 aromatic carbocycles. The van der Waals surface area contributed by atoms with Gasteiger partial charge >= 0.3 is 0 Å². The highest BCUT2D eigenvalue weighted by molar-refractivity contribution is 7.99.